The quantitative estimate of drug-likeness (QED) is 0.163. The summed E-state index contributed by atoms with van der Waals surface area (Å²) in [7, 11) is 0. The highest BCUT2D eigenvalue weighted by Crippen LogP contribution is 2.56. The standard InChI is InChI=1S/C63H49BN2/c1-61(2)50-26-16-13-23-42(50)45-30-29-40(32-53(45)61)66-58-37-55-47(44-25-15-18-28-52(44)63(55,5)6)36-57(58)64-56-35-46-43-24-14-17-27-51(43)62(3,4)54(46)34-48(56)49-31-41(33-59(66)60(49)64)65(38-19-9-7-10-20-38)39-21-11-8-12-22-39/h7-37H,1-6H3. The molecule has 66 heavy (non-hydrogen) atoms. The van der Waals surface area contributed by atoms with Crippen molar-refractivity contribution in [2.75, 3.05) is 9.80 Å². The molecule has 2 aliphatic heterocycles. The molecular weight excluding hydrogens is 796 g/mol. The van der Waals surface area contributed by atoms with E-state index in [1.807, 2.05) is 0 Å². The first-order valence-corrected chi connectivity index (χ1v) is 23.7. The summed E-state index contributed by atoms with van der Waals surface area (Å²) in [5, 5.41) is 0. The Labute approximate surface area is 388 Å². The van der Waals surface area contributed by atoms with E-state index in [1.165, 1.54) is 111 Å². The van der Waals surface area contributed by atoms with Crippen LogP contribution in [-0.2, 0) is 16.2 Å². The molecule has 0 N–H and O–H groups in total. The third-order valence-corrected chi connectivity index (χ3v) is 16.4. The van der Waals surface area contributed by atoms with Crippen LogP contribution in [0, 0.1) is 0 Å². The van der Waals surface area contributed by atoms with Crippen LogP contribution in [0.3, 0.4) is 0 Å². The fourth-order valence-corrected chi connectivity index (χ4v) is 13.2. The molecule has 9 aromatic carbocycles. The number of anilines is 6. The van der Waals surface area contributed by atoms with Crippen molar-refractivity contribution in [3.63, 3.8) is 0 Å². The van der Waals surface area contributed by atoms with E-state index in [2.05, 4.69) is 239 Å². The molecular formula is C63H49BN2. The van der Waals surface area contributed by atoms with Crippen LogP contribution in [0.1, 0.15) is 74.9 Å². The molecule has 0 bridgehead atoms. The third kappa shape index (κ3) is 4.83. The largest absolute Gasteiger partial charge is 0.311 e. The molecule has 0 fully saturated rings. The summed E-state index contributed by atoms with van der Waals surface area (Å²) >= 11 is 0. The van der Waals surface area contributed by atoms with Crippen LogP contribution in [0.15, 0.2) is 188 Å². The Morgan fingerprint density at radius 2 is 0.803 bits per heavy atom. The van der Waals surface area contributed by atoms with Crippen LogP contribution < -0.4 is 26.2 Å². The minimum Gasteiger partial charge on any atom is -0.311 e. The van der Waals surface area contributed by atoms with Crippen molar-refractivity contribution in [3.8, 4) is 44.5 Å². The maximum Gasteiger partial charge on any atom is 0.248 e. The maximum atomic E-state index is 2.65. The first kappa shape index (κ1) is 38.0. The van der Waals surface area contributed by atoms with Gasteiger partial charge in [-0.1, -0.05) is 180 Å². The lowest BCUT2D eigenvalue weighted by Crippen LogP contribution is -2.55. The van der Waals surface area contributed by atoms with Gasteiger partial charge in [-0.25, -0.2) is 0 Å². The zero-order valence-electron chi connectivity index (χ0n) is 38.4. The van der Waals surface area contributed by atoms with E-state index >= 15 is 0 Å². The Balaban J connectivity index is 1.10. The Morgan fingerprint density at radius 3 is 1.38 bits per heavy atom. The topological polar surface area (TPSA) is 6.48 Å². The van der Waals surface area contributed by atoms with Gasteiger partial charge in [0, 0.05) is 50.4 Å². The van der Waals surface area contributed by atoms with Gasteiger partial charge in [0.2, 0.25) is 6.71 Å². The molecule has 0 saturated heterocycles. The van der Waals surface area contributed by atoms with Crippen LogP contribution in [0.2, 0.25) is 0 Å². The summed E-state index contributed by atoms with van der Waals surface area (Å²) in [4.78, 5) is 5.11. The lowest BCUT2D eigenvalue weighted by molar-refractivity contribution is 0.660. The highest BCUT2D eigenvalue weighted by molar-refractivity contribution is 7.01. The van der Waals surface area contributed by atoms with Crippen LogP contribution >= 0.6 is 0 Å². The van der Waals surface area contributed by atoms with Crippen molar-refractivity contribution in [3.05, 3.63) is 221 Å². The van der Waals surface area contributed by atoms with Crippen molar-refractivity contribution >= 4 is 57.2 Å². The van der Waals surface area contributed by atoms with Gasteiger partial charge in [-0.2, -0.15) is 0 Å². The predicted molar refractivity (Wildman–Crippen MR) is 279 cm³/mol. The molecule has 3 heteroatoms. The molecule has 3 aliphatic carbocycles. The third-order valence-electron chi connectivity index (χ3n) is 16.4. The molecule has 0 aromatic heterocycles. The zero-order chi connectivity index (χ0) is 44.4. The number of hydrogen-bond acceptors (Lipinski definition) is 2. The van der Waals surface area contributed by atoms with E-state index in [-0.39, 0.29) is 23.0 Å². The molecule has 5 aliphatic rings. The highest BCUT2D eigenvalue weighted by Gasteiger charge is 2.48. The summed E-state index contributed by atoms with van der Waals surface area (Å²) in [6.45, 7) is 14.5. The van der Waals surface area contributed by atoms with Gasteiger partial charge in [0.15, 0.2) is 0 Å². The summed E-state index contributed by atoms with van der Waals surface area (Å²) < 4.78 is 0. The molecule has 9 aromatic rings. The fourth-order valence-electron chi connectivity index (χ4n) is 13.2. The van der Waals surface area contributed by atoms with E-state index < -0.39 is 0 Å². The number of benzene rings is 9. The minimum absolute atomic E-state index is 0.0460. The molecule has 2 heterocycles. The van der Waals surface area contributed by atoms with Crippen molar-refractivity contribution in [2.24, 2.45) is 0 Å². The lowest BCUT2D eigenvalue weighted by atomic mass is 9.36. The second-order valence-electron chi connectivity index (χ2n) is 20.9. The molecule has 14 rings (SSSR count). The molecule has 0 spiro atoms. The highest BCUT2D eigenvalue weighted by atomic mass is 15.2. The summed E-state index contributed by atoms with van der Waals surface area (Å²) in [6, 6.07) is 71.8. The maximum absolute atomic E-state index is 2.65. The number of hydrogen-bond donors (Lipinski definition) is 0. The lowest BCUT2D eigenvalue weighted by Gasteiger charge is -2.38. The monoisotopic (exact) mass is 844 g/mol. The van der Waals surface area contributed by atoms with Gasteiger partial charge < -0.3 is 9.80 Å². The minimum atomic E-state index is -0.164. The molecule has 0 saturated carbocycles. The van der Waals surface area contributed by atoms with Gasteiger partial charge in [-0.05, 0) is 143 Å². The Kier molecular flexibility index (Phi) is 7.43. The second kappa shape index (κ2) is 12.9. The van der Waals surface area contributed by atoms with E-state index in [0.29, 0.717) is 0 Å². The van der Waals surface area contributed by atoms with E-state index in [0.717, 1.165) is 17.1 Å². The predicted octanol–water partition coefficient (Wildman–Crippen LogP) is 14.4. The van der Waals surface area contributed by atoms with Crippen LogP contribution in [0.5, 0.6) is 0 Å². The van der Waals surface area contributed by atoms with Gasteiger partial charge in [-0.15, -0.1) is 0 Å². The molecule has 0 amide bonds. The number of para-hydroxylation sites is 2. The van der Waals surface area contributed by atoms with Gasteiger partial charge in [0.05, 0.1) is 0 Å². The van der Waals surface area contributed by atoms with Crippen molar-refractivity contribution in [1.82, 2.24) is 0 Å². The zero-order valence-corrected chi connectivity index (χ0v) is 38.4. The summed E-state index contributed by atoms with van der Waals surface area (Å²) in [6.07, 6.45) is 0. The number of fused-ring (bicyclic) bond motifs is 14. The van der Waals surface area contributed by atoms with Crippen molar-refractivity contribution in [1.29, 1.82) is 0 Å². The van der Waals surface area contributed by atoms with E-state index in [9.17, 15) is 0 Å². The molecule has 2 nitrogen and oxygen atoms in total. The second-order valence-corrected chi connectivity index (χ2v) is 20.9. The van der Waals surface area contributed by atoms with Crippen LogP contribution in [0.4, 0.5) is 34.1 Å². The molecule has 0 radical (unpaired) electrons. The van der Waals surface area contributed by atoms with Crippen molar-refractivity contribution < 1.29 is 0 Å². The van der Waals surface area contributed by atoms with Crippen molar-refractivity contribution in [2.45, 2.75) is 57.8 Å². The Morgan fingerprint density at radius 1 is 0.333 bits per heavy atom. The van der Waals surface area contributed by atoms with Gasteiger partial charge >= 0.3 is 0 Å². The molecule has 314 valence electrons. The fraction of sp³-hybridized carbons (Fsp3) is 0.143. The Bertz CT molecular complexity index is 3540. The van der Waals surface area contributed by atoms with Gasteiger partial charge in [0.1, 0.15) is 0 Å². The number of nitrogens with zero attached hydrogens (tertiary/aromatic N) is 2. The first-order chi connectivity index (χ1) is 32.0. The first-order valence-electron chi connectivity index (χ1n) is 23.7. The SMILES string of the molecule is CC1(C)c2ccccc2-c2ccc(N3c4cc5c(cc4B4c6cc7c(cc6-c6cc(N(c8ccccc8)c8ccccc8)cc3c64)C(C)(C)c3ccccc3-7)-c3ccccc3C5(C)C)cc21. The average molecular weight is 845 g/mol. The molecule has 0 unspecified atom stereocenters. The molecule has 0 atom stereocenters. The van der Waals surface area contributed by atoms with Gasteiger partial charge in [-0.3, -0.25) is 0 Å². The van der Waals surface area contributed by atoms with E-state index in [1.54, 1.807) is 0 Å². The summed E-state index contributed by atoms with van der Waals surface area (Å²) in [5.74, 6) is 0. The summed E-state index contributed by atoms with van der Waals surface area (Å²) in [5.41, 5.74) is 30.0. The number of rotatable bonds is 4. The smallest absolute Gasteiger partial charge is 0.248 e. The van der Waals surface area contributed by atoms with E-state index in [4.69, 9.17) is 0 Å². The van der Waals surface area contributed by atoms with Gasteiger partial charge in [0.25, 0.3) is 0 Å². The van der Waals surface area contributed by atoms with Crippen LogP contribution in [-0.4, -0.2) is 6.71 Å². The van der Waals surface area contributed by atoms with Crippen LogP contribution in [0.25, 0.3) is 44.5 Å². The normalized spacial score (nSPS) is 16.0. The Hall–Kier alpha value is -7.36. The average Bonchev–Trinajstić information content (AvgIpc) is 3.95.